The third kappa shape index (κ3) is 4.18. The van der Waals surface area contributed by atoms with Crippen molar-refractivity contribution in [2.45, 2.75) is 19.8 Å². The third-order valence-electron chi connectivity index (χ3n) is 3.30. The fourth-order valence-corrected chi connectivity index (χ4v) is 2.06. The number of carbonyl (C=O) groups excluding carboxylic acids is 1. The molecule has 2 N–H and O–H groups in total. The van der Waals surface area contributed by atoms with Gasteiger partial charge in [-0.3, -0.25) is 4.79 Å². The first kappa shape index (κ1) is 14.8. The van der Waals surface area contributed by atoms with Crippen LogP contribution < -0.4 is 5.32 Å². The van der Waals surface area contributed by atoms with E-state index in [0.29, 0.717) is 18.5 Å². The molecule has 2 aromatic carbocycles. The van der Waals surface area contributed by atoms with Crippen molar-refractivity contribution in [1.29, 1.82) is 0 Å². The highest BCUT2D eigenvalue weighted by Crippen LogP contribution is 2.12. The van der Waals surface area contributed by atoms with Gasteiger partial charge in [0.2, 0.25) is 5.91 Å². The molecule has 0 spiro atoms. The summed E-state index contributed by atoms with van der Waals surface area (Å²) in [5, 5.41) is 11.6. The van der Waals surface area contributed by atoms with Crippen LogP contribution >= 0.6 is 0 Å². The van der Waals surface area contributed by atoms with Gasteiger partial charge in [0.05, 0.1) is 5.56 Å². The second kappa shape index (κ2) is 6.70. The molecule has 0 bridgehead atoms. The molecule has 0 radical (unpaired) electrons. The number of hydrogen-bond acceptors (Lipinski definition) is 2. The van der Waals surface area contributed by atoms with Crippen LogP contribution in [0.1, 0.15) is 27.9 Å². The predicted molar refractivity (Wildman–Crippen MR) is 81.5 cm³/mol. The summed E-state index contributed by atoms with van der Waals surface area (Å²) < 4.78 is 0. The van der Waals surface area contributed by atoms with Crippen LogP contribution in [0.25, 0.3) is 0 Å². The standard InChI is InChI=1S/C17H17NO3/c1-12-4-2-3-5-13(12)8-11-16(19)18-15-9-6-14(7-10-15)17(20)21/h2-7,9-10H,8,11H2,1H3,(H,18,19)(H,20,21). The molecular weight excluding hydrogens is 266 g/mol. The quantitative estimate of drug-likeness (QED) is 0.885. The number of aromatic carboxylic acids is 1. The van der Waals surface area contributed by atoms with Crippen LogP contribution in [0, 0.1) is 6.92 Å². The van der Waals surface area contributed by atoms with E-state index in [9.17, 15) is 9.59 Å². The number of rotatable bonds is 5. The van der Waals surface area contributed by atoms with Crippen LogP contribution in [0.15, 0.2) is 48.5 Å². The van der Waals surface area contributed by atoms with E-state index in [1.165, 1.54) is 17.7 Å². The van der Waals surface area contributed by atoms with Crippen molar-refractivity contribution >= 4 is 17.6 Å². The van der Waals surface area contributed by atoms with Crippen molar-refractivity contribution < 1.29 is 14.7 Å². The van der Waals surface area contributed by atoms with Crippen molar-refractivity contribution in [3.63, 3.8) is 0 Å². The maximum absolute atomic E-state index is 11.9. The van der Waals surface area contributed by atoms with Crippen LogP contribution in [0.4, 0.5) is 5.69 Å². The molecule has 4 nitrogen and oxygen atoms in total. The highest BCUT2D eigenvalue weighted by atomic mass is 16.4. The van der Waals surface area contributed by atoms with Gasteiger partial charge in [0.25, 0.3) is 0 Å². The van der Waals surface area contributed by atoms with E-state index in [1.54, 1.807) is 12.1 Å². The molecule has 0 fully saturated rings. The fourth-order valence-electron chi connectivity index (χ4n) is 2.06. The number of benzene rings is 2. The third-order valence-corrected chi connectivity index (χ3v) is 3.30. The lowest BCUT2D eigenvalue weighted by molar-refractivity contribution is -0.116. The normalized spacial score (nSPS) is 10.1. The average molecular weight is 283 g/mol. The molecule has 108 valence electrons. The second-order valence-corrected chi connectivity index (χ2v) is 4.86. The molecule has 2 rings (SSSR count). The van der Waals surface area contributed by atoms with E-state index in [-0.39, 0.29) is 11.5 Å². The molecule has 0 aliphatic carbocycles. The molecule has 0 aliphatic heterocycles. The molecule has 4 heteroatoms. The number of aryl methyl sites for hydroxylation is 2. The molecule has 21 heavy (non-hydrogen) atoms. The van der Waals surface area contributed by atoms with Crippen molar-refractivity contribution in [3.8, 4) is 0 Å². The Labute approximate surface area is 123 Å². The number of anilines is 1. The minimum absolute atomic E-state index is 0.0821. The topological polar surface area (TPSA) is 66.4 Å². The van der Waals surface area contributed by atoms with Crippen molar-refractivity contribution in [2.75, 3.05) is 5.32 Å². The summed E-state index contributed by atoms with van der Waals surface area (Å²) in [7, 11) is 0. The first-order valence-corrected chi connectivity index (χ1v) is 6.74. The van der Waals surface area contributed by atoms with Gasteiger partial charge in [-0.2, -0.15) is 0 Å². The van der Waals surface area contributed by atoms with E-state index in [4.69, 9.17) is 5.11 Å². The molecule has 0 saturated heterocycles. The Hall–Kier alpha value is -2.62. The van der Waals surface area contributed by atoms with Crippen LogP contribution in [-0.2, 0) is 11.2 Å². The minimum Gasteiger partial charge on any atom is -0.478 e. The lowest BCUT2D eigenvalue weighted by Crippen LogP contribution is -2.12. The zero-order valence-electron chi connectivity index (χ0n) is 11.8. The van der Waals surface area contributed by atoms with Crippen LogP contribution in [-0.4, -0.2) is 17.0 Å². The first-order valence-electron chi connectivity index (χ1n) is 6.74. The number of carboxylic acid groups (broad SMARTS) is 1. The molecule has 0 heterocycles. The summed E-state index contributed by atoms with van der Waals surface area (Å²) in [5.41, 5.74) is 3.15. The number of carboxylic acids is 1. The summed E-state index contributed by atoms with van der Waals surface area (Å²) in [5.74, 6) is -1.06. The summed E-state index contributed by atoms with van der Waals surface area (Å²) in [6, 6.07) is 14.1. The Morgan fingerprint density at radius 2 is 1.71 bits per heavy atom. The van der Waals surface area contributed by atoms with Crippen LogP contribution in [0.2, 0.25) is 0 Å². The zero-order valence-corrected chi connectivity index (χ0v) is 11.8. The number of hydrogen-bond donors (Lipinski definition) is 2. The van der Waals surface area contributed by atoms with Gasteiger partial charge < -0.3 is 10.4 Å². The monoisotopic (exact) mass is 283 g/mol. The Bertz CT molecular complexity index is 647. The van der Waals surface area contributed by atoms with Gasteiger partial charge in [0.15, 0.2) is 0 Å². The van der Waals surface area contributed by atoms with Gasteiger partial charge in [0, 0.05) is 12.1 Å². The van der Waals surface area contributed by atoms with Gasteiger partial charge in [-0.15, -0.1) is 0 Å². The van der Waals surface area contributed by atoms with E-state index in [1.807, 2.05) is 31.2 Å². The molecule has 2 aromatic rings. The zero-order chi connectivity index (χ0) is 15.2. The molecule has 0 aliphatic rings. The van der Waals surface area contributed by atoms with Crippen molar-refractivity contribution in [1.82, 2.24) is 0 Å². The highest BCUT2D eigenvalue weighted by molar-refractivity contribution is 5.92. The minimum atomic E-state index is -0.979. The number of nitrogens with one attached hydrogen (secondary N) is 1. The van der Waals surface area contributed by atoms with Crippen LogP contribution in [0.3, 0.4) is 0 Å². The lowest BCUT2D eigenvalue weighted by Gasteiger charge is -2.07. The Morgan fingerprint density at radius 3 is 2.33 bits per heavy atom. The Balaban J connectivity index is 1.90. The van der Waals surface area contributed by atoms with Gasteiger partial charge in [0.1, 0.15) is 0 Å². The van der Waals surface area contributed by atoms with Gasteiger partial charge in [-0.1, -0.05) is 24.3 Å². The van der Waals surface area contributed by atoms with Gasteiger partial charge in [-0.05, 0) is 48.7 Å². The van der Waals surface area contributed by atoms with Crippen molar-refractivity contribution in [3.05, 3.63) is 65.2 Å². The summed E-state index contributed by atoms with van der Waals surface area (Å²) >= 11 is 0. The summed E-state index contributed by atoms with van der Waals surface area (Å²) in [6.45, 7) is 2.03. The average Bonchev–Trinajstić information content (AvgIpc) is 2.47. The highest BCUT2D eigenvalue weighted by Gasteiger charge is 2.06. The number of carbonyl (C=O) groups is 2. The molecule has 0 saturated carbocycles. The molecular formula is C17H17NO3. The Morgan fingerprint density at radius 1 is 1.05 bits per heavy atom. The fraction of sp³-hybridized carbons (Fsp3) is 0.176. The van der Waals surface area contributed by atoms with E-state index in [2.05, 4.69) is 5.32 Å². The maximum Gasteiger partial charge on any atom is 0.335 e. The van der Waals surface area contributed by atoms with E-state index >= 15 is 0 Å². The van der Waals surface area contributed by atoms with E-state index < -0.39 is 5.97 Å². The molecule has 0 atom stereocenters. The molecule has 1 amide bonds. The van der Waals surface area contributed by atoms with E-state index in [0.717, 1.165) is 5.56 Å². The second-order valence-electron chi connectivity index (χ2n) is 4.86. The van der Waals surface area contributed by atoms with Crippen LogP contribution in [0.5, 0.6) is 0 Å². The Kier molecular flexibility index (Phi) is 4.72. The lowest BCUT2D eigenvalue weighted by atomic mass is 10.0. The first-order chi connectivity index (χ1) is 10.1. The number of amides is 1. The van der Waals surface area contributed by atoms with Crippen molar-refractivity contribution in [2.24, 2.45) is 0 Å². The maximum atomic E-state index is 11.9. The summed E-state index contributed by atoms with van der Waals surface area (Å²) in [6.07, 6.45) is 1.08. The summed E-state index contributed by atoms with van der Waals surface area (Å²) in [4.78, 5) is 22.6. The largest absolute Gasteiger partial charge is 0.478 e. The van der Waals surface area contributed by atoms with Gasteiger partial charge in [-0.25, -0.2) is 4.79 Å². The molecule has 0 unspecified atom stereocenters. The molecule has 0 aromatic heterocycles. The predicted octanol–water partition coefficient (Wildman–Crippen LogP) is 3.26. The SMILES string of the molecule is Cc1ccccc1CCC(=O)Nc1ccc(C(=O)O)cc1. The van der Waals surface area contributed by atoms with Gasteiger partial charge >= 0.3 is 5.97 Å². The smallest absolute Gasteiger partial charge is 0.335 e.